The fourth-order valence-electron chi connectivity index (χ4n) is 2.37. The first kappa shape index (κ1) is 13.5. The van der Waals surface area contributed by atoms with Gasteiger partial charge in [0.25, 0.3) is 0 Å². The zero-order valence-electron chi connectivity index (χ0n) is 10.4. The van der Waals surface area contributed by atoms with Gasteiger partial charge < -0.3 is 10.4 Å². The molecule has 1 heterocycles. The molecule has 2 fully saturated rings. The van der Waals surface area contributed by atoms with E-state index < -0.39 is 5.97 Å². The van der Waals surface area contributed by atoms with Gasteiger partial charge in [0.1, 0.15) is 0 Å². The number of hydrogen-bond donors (Lipinski definition) is 2. The van der Waals surface area contributed by atoms with Crippen LogP contribution in [0.3, 0.4) is 0 Å². The Morgan fingerprint density at radius 3 is 2.79 bits per heavy atom. The average Bonchev–Trinajstić information content (AvgIpc) is 3.05. The van der Waals surface area contributed by atoms with Crippen LogP contribution < -0.4 is 5.32 Å². The van der Waals surface area contributed by atoms with Gasteiger partial charge in [0.15, 0.2) is 0 Å². The van der Waals surface area contributed by atoms with Crippen molar-refractivity contribution in [2.24, 2.45) is 5.92 Å². The van der Waals surface area contributed by atoms with Gasteiger partial charge in [-0.3, -0.25) is 4.79 Å². The maximum absolute atomic E-state index is 11.0. The Balaban J connectivity index is 1.71. The van der Waals surface area contributed by atoms with Crippen molar-refractivity contribution in [1.82, 2.24) is 5.32 Å². The minimum absolute atomic E-state index is 0.164. The summed E-state index contributed by atoms with van der Waals surface area (Å²) in [7, 11) is 0. The number of nitrogens with one attached hydrogen (secondary N) is 1. The van der Waals surface area contributed by atoms with Crippen LogP contribution in [-0.2, 0) is 4.79 Å². The van der Waals surface area contributed by atoms with Gasteiger partial charge in [-0.05, 0) is 52.9 Å². The predicted octanol–water partition coefficient (Wildman–Crippen LogP) is 3.44. The van der Waals surface area contributed by atoms with Crippen molar-refractivity contribution in [3.05, 3.63) is 28.2 Å². The maximum atomic E-state index is 11.0. The van der Waals surface area contributed by atoms with Crippen LogP contribution in [0.4, 0.5) is 0 Å². The second kappa shape index (κ2) is 5.46. The van der Waals surface area contributed by atoms with Crippen LogP contribution >= 0.6 is 27.7 Å². The molecule has 1 saturated carbocycles. The van der Waals surface area contributed by atoms with E-state index in [1.807, 2.05) is 11.8 Å². The summed E-state index contributed by atoms with van der Waals surface area (Å²) >= 11 is 5.56. The minimum atomic E-state index is -0.699. The van der Waals surface area contributed by atoms with Crippen molar-refractivity contribution < 1.29 is 9.90 Å². The number of halogens is 1. The third kappa shape index (κ3) is 3.15. The Hall–Kier alpha value is -0.520. The molecule has 2 atom stereocenters. The lowest BCUT2D eigenvalue weighted by atomic mass is 10.0. The Labute approximate surface area is 125 Å². The molecular formula is C14H16BrNO2S. The zero-order valence-corrected chi connectivity index (χ0v) is 12.8. The fraction of sp³-hybridized carbons (Fsp3) is 0.500. The van der Waals surface area contributed by atoms with Crippen LogP contribution in [0.5, 0.6) is 0 Å². The lowest BCUT2D eigenvalue weighted by Gasteiger charge is -2.13. The molecule has 1 saturated heterocycles. The number of aliphatic carboxylic acids is 1. The summed E-state index contributed by atoms with van der Waals surface area (Å²) in [5.74, 6) is -0.959. The number of rotatable bonds is 4. The SMILES string of the molecule is O=C(O)C1CNC(c2ccc(SC3CC3)c(Br)c2)C1. The molecule has 5 heteroatoms. The molecule has 2 unspecified atom stereocenters. The monoisotopic (exact) mass is 341 g/mol. The number of hydrogen-bond acceptors (Lipinski definition) is 3. The molecule has 19 heavy (non-hydrogen) atoms. The molecule has 1 aliphatic heterocycles. The molecule has 0 aromatic heterocycles. The molecule has 0 bridgehead atoms. The van der Waals surface area contributed by atoms with E-state index in [-0.39, 0.29) is 12.0 Å². The topological polar surface area (TPSA) is 49.3 Å². The predicted molar refractivity (Wildman–Crippen MR) is 79.5 cm³/mol. The minimum Gasteiger partial charge on any atom is -0.481 e. The van der Waals surface area contributed by atoms with Crippen LogP contribution in [0.1, 0.15) is 30.9 Å². The van der Waals surface area contributed by atoms with Crippen molar-refractivity contribution in [1.29, 1.82) is 0 Å². The lowest BCUT2D eigenvalue weighted by molar-refractivity contribution is -0.141. The van der Waals surface area contributed by atoms with Crippen molar-refractivity contribution in [3.8, 4) is 0 Å². The highest BCUT2D eigenvalue weighted by Gasteiger charge is 2.30. The number of carboxylic acids is 1. The summed E-state index contributed by atoms with van der Waals surface area (Å²) in [6, 6.07) is 6.57. The van der Waals surface area contributed by atoms with E-state index in [1.54, 1.807) is 0 Å². The molecule has 2 N–H and O–H groups in total. The van der Waals surface area contributed by atoms with Crippen LogP contribution in [0.2, 0.25) is 0 Å². The van der Waals surface area contributed by atoms with Gasteiger partial charge in [-0.15, -0.1) is 11.8 Å². The highest BCUT2D eigenvalue weighted by atomic mass is 79.9. The molecular weight excluding hydrogens is 326 g/mol. The molecule has 102 valence electrons. The molecule has 3 nitrogen and oxygen atoms in total. The summed E-state index contributed by atoms with van der Waals surface area (Å²) in [5, 5.41) is 13.1. The van der Waals surface area contributed by atoms with Gasteiger partial charge in [0.05, 0.1) is 5.92 Å². The van der Waals surface area contributed by atoms with E-state index >= 15 is 0 Å². The van der Waals surface area contributed by atoms with Crippen LogP contribution in [0, 0.1) is 5.92 Å². The van der Waals surface area contributed by atoms with Crippen molar-refractivity contribution >= 4 is 33.7 Å². The molecule has 2 aliphatic rings. The highest BCUT2D eigenvalue weighted by Crippen LogP contribution is 2.42. The van der Waals surface area contributed by atoms with Crippen LogP contribution in [0.25, 0.3) is 0 Å². The molecule has 0 radical (unpaired) electrons. The quantitative estimate of drug-likeness (QED) is 0.880. The smallest absolute Gasteiger partial charge is 0.307 e. The largest absolute Gasteiger partial charge is 0.481 e. The van der Waals surface area contributed by atoms with Gasteiger partial charge >= 0.3 is 5.97 Å². The highest BCUT2D eigenvalue weighted by molar-refractivity contribution is 9.10. The number of carbonyl (C=O) groups is 1. The van der Waals surface area contributed by atoms with E-state index in [2.05, 4.69) is 39.4 Å². The lowest BCUT2D eigenvalue weighted by Crippen LogP contribution is -2.17. The second-order valence-corrected chi connectivity index (χ2v) is 7.44. The summed E-state index contributed by atoms with van der Waals surface area (Å²) in [6.45, 7) is 0.566. The van der Waals surface area contributed by atoms with Crippen LogP contribution in [-0.4, -0.2) is 22.9 Å². The number of carboxylic acid groups (broad SMARTS) is 1. The first-order valence-corrected chi connectivity index (χ1v) is 8.23. The Kier molecular flexibility index (Phi) is 3.87. The Morgan fingerprint density at radius 1 is 1.42 bits per heavy atom. The van der Waals surface area contributed by atoms with E-state index in [4.69, 9.17) is 5.11 Å². The Bertz CT molecular complexity index is 504. The molecule has 1 aliphatic carbocycles. The zero-order chi connectivity index (χ0) is 13.4. The van der Waals surface area contributed by atoms with Gasteiger partial charge in [0.2, 0.25) is 0 Å². The fourth-order valence-corrected chi connectivity index (χ4v) is 4.10. The number of benzene rings is 1. The average molecular weight is 342 g/mol. The Morgan fingerprint density at radius 2 is 2.21 bits per heavy atom. The first-order chi connectivity index (χ1) is 9.13. The van der Waals surface area contributed by atoms with Gasteiger partial charge in [-0.1, -0.05) is 6.07 Å². The molecule has 1 aromatic carbocycles. The number of thioether (sulfide) groups is 1. The van der Waals surface area contributed by atoms with Gasteiger partial charge in [-0.2, -0.15) is 0 Å². The van der Waals surface area contributed by atoms with Gasteiger partial charge in [0, 0.05) is 27.2 Å². The molecule has 3 rings (SSSR count). The summed E-state index contributed by atoms with van der Waals surface area (Å²) in [6.07, 6.45) is 3.32. The summed E-state index contributed by atoms with van der Waals surface area (Å²) in [5.41, 5.74) is 1.18. The van der Waals surface area contributed by atoms with E-state index in [0.29, 0.717) is 13.0 Å². The van der Waals surface area contributed by atoms with Crippen molar-refractivity contribution in [2.45, 2.75) is 35.4 Å². The molecule has 0 spiro atoms. The second-order valence-electron chi connectivity index (χ2n) is 5.24. The van der Waals surface area contributed by atoms with Crippen molar-refractivity contribution in [3.63, 3.8) is 0 Å². The van der Waals surface area contributed by atoms with E-state index in [9.17, 15) is 4.79 Å². The molecule has 1 aromatic rings. The molecule has 0 amide bonds. The summed E-state index contributed by atoms with van der Waals surface area (Å²) in [4.78, 5) is 12.3. The third-order valence-corrected chi connectivity index (χ3v) is 5.99. The standard InChI is InChI=1S/C14H16BrNO2S/c15-11-5-8(1-4-13(11)19-10-2-3-10)12-6-9(7-16-12)14(17)18/h1,4-5,9-10,12,16H,2-3,6-7H2,(H,17,18). The maximum Gasteiger partial charge on any atom is 0.307 e. The van der Waals surface area contributed by atoms with Crippen molar-refractivity contribution in [2.75, 3.05) is 6.54 Å². The van der Waals surface area contributed by atoms with E-state index in [1.165, 1.54) is 23.3 Å². The third-order valence-electron chi connectivity index (χ3n) is 3.66. The van der Waals surface area contributed by atoms with E-state index in [0.717, 1.165) is 9.72 Å². The first-order valence-electron chi connectivity index (χ1n) is 6.56. The summed E-state index contributed by atoms with van der Waals surface area (Å²) < 4.78 is 1.13. The normalized spacial score (nSPS) is 26.6. The van der Waals surface area contributed by atoms with Crippen LogP contribution in [0.15, 0.2) is 27.6 Å². The van der Waals surface area contributed by atoms with Gasteiger partial charge in [-0.25, -0.2) is 0 Å².